The molecule has 0 aliphatic heterocycles. The van der Waals surface area contributed by atoms with Crippen molar-refractivity contribution in [2.75, 3.05) is 40.0 Å². The van der Waals surface area contributed by atoms with Crippen LogP contribution in [0.25, 0.3) is 0 Å². The van der Waals surface area contributed by atoms with Gasteiger partial charge in [-0.1, -0.05) is 13.8 Å². The van der Waals surface area contributed by atoms with Crippen molar-refractivity contribution in [2.45, 2.75) is 33.2 Å². The summed E-state index contributed by atoms with van der Waals surface area (Å²) in [7, 11) is 1.61. The van der Waals surface area contributed by atoms with E-state index in [2.05, 4.69) is 24.5 Å². The van der Waals surface area contributed by atoms with Crippen molar-refractivity contribution >= 4 is 5.91 Å². The first-order valence-electron chi connectivity index (χ1n) is 6.65. The van der Waals surface area contributed by atoms with Crippen LogP contribution in [-0.4, -0.2) is 52.0 Å². The Morgan fingerprint density at radius 3 is 2.44 bits per heavy atom. The molecule has 0 aromatic rings. The van der Waals surface area contributed by atoms with Gasteiger partial charge in [0.05, 0.1) is 19.3 Å². The maximum Gasteiger partial charge on any atom is 0.236 e. The van der Waals surface area contributed by atoms with Crippen LogP contribution >= 0.6 is 0 Å². The molecule has 0 radical (unpaired) electrons. The maximum atomic E-state index is 11.6. The molecular weight excluding hydrogens is 232 g/mol. The summed E-state index contributed by atoms with van der Waals surface area (Å²) >= 11 is 0. The first-order valence-corrected chi connectivity index (χ1v) is 6.65. The van der Waals surface area contributed by atoms with E-state index in [1.807, 2.05) is 6.92 Å². The smallest absolute Gasteiger partial charge is 0.236 e. The lowest BCUT2D eigenvalue weighted by molar-refractivity contribution is -0.123. The Hall–Kier alpha value is -0.650. The largest absolute Gasteiger partial charge is 0.383 e. The third-order valence-electron chi connectivity index (χ3n) is 2.54. The van der Waals surface area contributed by atoms with Crippen LogP contribution in [0.1, 0.15) is 27.2 Å². The molecule has 0 heterocycles. The minimum Gasteiger partial charge on any atom is -0.383 e. The predicted molar refractivity (Wildman–Crippen MR) is 72.6 cm³/mol. The SMILES string of the molecule is COCCNC(=O)C(C)NCCOCCC(C)C. The van der Waals surface area contributed by atoms with Gasteiger partial charge in [-0.25, -0.2) is 0 Å². The normalized spacial score (nSPS) is 12.7. The third-order valence-corrected chi connectivity index (χ3v) is 2.54. The monoisotopic (exact) mass is 260 g/mol. The summed E-state index contributed by atoms with van der Waals surface area (Å²) in [6.07, 6.45) is 1.08. The summed E-state index contributed by atoms with van der Waals surface area (Å²) in [5, 5.41) is 5.90. The third kappa shape index (κ3) is 10.5. The summed E-state index contributed by atoms with van der Waals surface area (Å²) < 4.78 is 10.3. The van der Waals surface area contributed by atoms with E-state index in [0.29, 0.717) is 32.2 Å². The second kappa shape index (κ2) is 11.4. The average molecular weight is 260 g/mol. The Labute approximate surface area is 111 Å². The fourth-order valence-electron chi connectivity index (χ4n) is 1.29. The van der Waals surface area contributed by atoms with Crippen molar-refractivity contribution in [2.24, 2.45) is 5.92 Å². The van der Waals surface area contributed by atoms with Crippen molar-refractivity contribution in [3.05, 3.63) is 0 Å². The lowest BCUT2D eigenvalue weighted by atomic mass is 10.1. The number of hydrogen-bond acceptors (Lipinski definition) is 4. The number of carbonyl (C=O) groups excluding carboxylic acids is 1. The molecule has 0 saturated heterocycles. The lowest BCUT2D eigenvalue weighted by Gasteiger charge is -2.14. The molecule has 0 rings (SSSR count). The molecule has 18 heavy (non-hydrogen) atoms. The van der Waals surface area contributed by atoms with Crippen molar-refractivity contribution in [1.82, 2.24) is 10.6 Å². The summed E-state index contributed by atoms with van der Waals surface area (Å²) in [6, 6.07) is -0.199. The molecule has 5 nitrogen and oxygen atoms in total. The Balaban J connectivity index is 3.40. The van der Waals surface area contributed by atoms with E-state index in [0.717, 1.165) is 13.0 Å². The van der Waals surface area contributed by atoms with Gasteiger partial charge in [-0.3, -0.25) is 4.79 Å². The first kappa shape index (κ1) is 17.4. The molecule has 2 N–H and O–H groups in total. The molecule has 5 heteroatoms. The van der Waals surface area contributed by atoms with Crippen molar-refractivity contribution in [3.8, 4) is 0 Å². The lowest BCUT2D eigenvalue weighted by Crippen LogP contribution is -2.44. The molecule has 0 spiro atoms. The fraction of sp³-hybridized carbons (Fsp3) is 0.923. The maximum absolute atomic E-state index is 11.6. The first-order chi connectivity index (χ1) is 8.57. The van der Waals surface area contributed by atoms with E-state index in [-0.39, 0.29) is 11.9 Å². The Kier molecular flexibility index (Phi) is 11.0. The van der Waals surface area contributed by atoms with Crippen molar-refractivity contribution < 1.29 is 14.3 Å². The van der Waals surface area contributed by atoms with Crippen LogP contribution in [0.5, 0.6) is 0 Å². The van der Waals surface area contributed by atoms with Crippen LogP contribution in [-0.2, 0) is 14.3 Å². The van der Waals surface area contributed by atoms with Gasteiger partial charge in [0.15, 0.2) is 0 Å². The van der Waals surface area contributed by atoms with E-state index >= 15 is 0 Å². The van der Waals surface area contributed by atoms with Crippen molar-refractivity contribution in [1.29, 1.82) is 0 Å². The van der Waals surface area contributed by atoms with E-state index in [1.165, 1.54) is 0 Å². The minimum absolute atomic E-state index is 0.00534. The number of carbonyl (C=O) groups is 1. The molecule has 0 bridgehead atoms. The molecule has 0 aliphatic rings. The topological polar surface area (TPSA) is 59.6 Å². The quantitative estimate of drug-likeness (QED) is 0.539. The Bertz CT molecular complexity index is 210. The number of amides is 1. The van der Waals surface area contributed by atoms with Gasteiger partial charge in [0.1, 0.15) is 0 Å². The summed E-state index contributed by atoms with van der Waals surface area (Å²) in [6.45, 7) is 9.40. The van der Waals surface area contributed by atoms with Gasteiger partial charge in [0.25, 0.3) is 0 Å². The molecular formula is C13H28N2O3. The van der Waals surface area contributed by atoms with Crippen LogP contribution in [0.3, 0.4) is 0 Å². The van der Waals surface area contributed by atoms with E-state index in [9.17, 15) is 4.79 Å². The number of rotatable bonds is 11. The van der Waals surface area contributed by atoms with Gasteiger partial charge in [-0.2, -0.15) is 0 Å². The number of methoxy groups -OCH3 is 1. The van der Waals surface area contributed by atoms with E-state index in [4.69, 9.17) is 9.47 Å². The van der Waals surface area contributed by atoms with Gasteiger partial charge in [-0.05, 0) is 19.3 Å². The van der Waals surface area contributed by atoms with Gasteiger partial charge in [-0.15, -0.1) is 0 Å². The molecule has 1 amide bonds. The highest BCUT2D eigenvalue weighted by atomic mass is 16.5. The van der Waals surface area contributed by atoms with E-state index < -0.39 is 0 Å². The molecule has 0 fully saturated rings. The number of hydrogen-bond donors (Lipinski definition) is 2. The van der Waals surface area contributed by atoms with Crippen LogP contribution in [0.15, 0.2) is 0 Å². The van der Waals surface area contributed by atoms with Gasteiger partial charge >= 0.3 is 0 Å². The summed E-state index contributed by atoms with van der Waals surface area (Å²) in [5.41, 5.74) is 0. The average Bonchev–Trinajstić information content (AvgIpc) is 2.33. The summed E-state index contributed by atoms with van der Waals surface area (Å²) in [4.78, 5) is 11.6. The molecule has 0 saturated carbocycles. The van der Waals surface area contributed by atoms with Crippen LogP contribution in [0.4, 0.5) is 0 Å². The number of ether oxygens (including phenoxy) is 2. The zero-order valence-corrected chi connectivity index (χ0v) is 12.1. The van der Waals surface area contributed by atoms with Gasteiger partial charge in [0, 0.05) is 26.8 Å². The molecule has 0 aliphatic carbocycles. The second-order valence-electron chi connectivity index (χ2n) is 4.75. The van der Waals surface area contributed by atoms with Gasteiger partial charge in [0.2, 0.25) is 5.91 Å². The molecule has 108 valence electrons. The Morgan fingerprint density at radius 2 is 1.83 bits per heavy atom. The summed E-state index contributed by atoms with van der Waals surface area (Å²) in [5.74, 6) is 0.665. The minimum atomic E-state index is -0.199. The fourth-order valence-corrected chi connectivity index (χ4v) is 1.29. The highest BCUT2D eigenvalue weighted by molar-refractivity contribution is 5.81. The zero-order valence-electron chi connectivity index (χ0n) is 12.1. The van der Waals surface area contributed by atoms with Gasteiger partial charge < -0.3 is 20.1 Å². The molecule has 0 aromatic heterocycles. The highest BCUT2D eigenvalue weighted by Gasteiger charge is 2.10. The van der Waals surface area contributed by atoms with Crippen LogP contribution in [0, 0.1) is 5.92 Å². The van der Waals surface area contributed by atoms with E-state index in [1.54, 1.807) is 7.11 Å². The second-order valence-corrected chi connectivity index (χ2v) is 4.75. The molecule has 0 aromatic carbocycles. The molecule has 1 atom stereocenters. The standard InChI is InChI=1S/C13H28N2O3/c1-11(2)5-8-18-10-7-14-12(3)13(16)15-6-9-17-4/h11-12,14H,5-10H2,1-4H3,(H,15,16). The molecule has 1 unspecified atom stereocenters. The zero-order chi connectivity index (χ0) is 13.8. The number of nitrogens with one attached hydrogen (secondary N) is 2. The highest BCUT2D eigenvalue weighted by Crippen LogP contribution is 1.98. The van der Waals surface area contributed by atoms with Crippen LogP contribution in [0.2, 0.25) is 0 Å². The van der Waals surface area contributed by atoms with Crippen LogP contribution < -0.4 is 10.6 Å². The Morgan fingerprint density at radius 1 is 1.11 bits per heavy atom. The van der Waals surface area contributed by atoms with Crippen molar-refractivity contribution in [3.63, 3.8) is 0 Å². The predicted octanol–water partition coefficient (Wildman–Crippen LogP) is 0.790.